The predicted octanol–water partition coefficient (Wildman–Crippen LogP) is 2.96. The SMILES string of the molecule is Cc1nnc(N2CCN(C(=O)CCc3ccc(C(C)(C)C)cc3)CC2)o1. The van der Waals surface area contributed by atoms with Crippen LogP contribution in [0.4, 0.5) is 6.01 Å². The van der Waals surface area contributed by atoms with E-state index in [1.54, 1.807) is 6.92 Å². The highest BCUT2D eigenvalue weighted by molar-refractivity contribution is 5.76. The Balaban J connectivity index is 1.47. The number of aryl methyl sites for hydroxylation is 2. The zero-order chi connectivity index (χ0) is 18.7. The normalized spacial score (nSPS) is 15.4. The van der Waals surface area contributed by atoms with Gasteiger partial charge in [0.05, 0.1) is 0 Å². The fraction of sp³-hybridized carbons (Fsp3) is 0.550. The minimum atomic E-state index is 0.158. The van der Waals surface area contributed by atoms with Crippen molar-refractivity contribution in [3.05, 3.63) is 41.3 Å². The standard InChI is InChI=1S/C20H28N4O2/c1-15-21-22-19(26-15)24-13-11-23(12-14-24)18(25)10-7-16-5-8-17(9-6-16)20(2,3)4/h5-6,8-9H,7,10-14H2,1-4H3. The largest absolute Gasteiger partial charge is 0.408 e. The third-order valence-electron chi connectivity index (χ3n) is 4.87. The van der Waals surface area contributed by atoms with Crippen molar-refractivity contribution in [1.82, 2.24) is 15.1 Å². The van der Waals surface area contributed by atoms with Gasteiger partial charge in [-0.1, -0.05) is 50.1 Å². The summed E-state index contributed by atoms with van der Waals surface area (Å²) in [5, 5.41) is 7.91. The molecule has 1 aromatic heterocycles. The lowest BCUT2D eigenvalue weighted by atomic mass is 9.86. The van der Waals surface area contributed by atoms with Gasteiger partial charge in [-0.25, -0.2) is 0 Å². The third kappa shape index (κ3) is 4.42. The second-order valence-corrected chi connectivity index (χ2v) is 7.92. The fourth-order valence-electron chi connectivity index (χ4n) is 3.14. The number of anilines is 1. The average molecular weight is 356 g/mol. The lowest BCUT2D eigenvalue weighted by Gasteiger charge is -2.33. The van der Waals surface area contributed by atoms with Gasteiger partial charge in [-0.3, -0.25) is 4.79 Å². The van der Waals surface area contributed by atoms with Gasteiger partial charge < -0.3 is 14.2 Å². The van der Waals surface area contributed by atoms with Crippen LogP contribution in [0.5, 0.6) is 0 Å². The van der Waals surface area contributed by atoms with E-state index in [4.69, 9.17) is 4.42 Å². The summed E-state index contributed by atoms with van der Waals surface area (Å²) in [6, 6.07) is 9.18. The van der Waals surface area contributed by atoms with Gasteiger partial charge >= 0.3 is 6.01 Å². The van der Waals surface area contributed by atoms with Crippen molar-refractivity contribution < 1.29 is 9.21 Å². The van der Waals surface area contributed by atoms with Crippen LogP contribution in [0, 0.1) is 6.92 Å². The molecule has 1 saturated heterocycles. The molecule has 3 rings (SSSR count). The fourth-order valence-corrected chi connectivity index (χ4v) is 3.14. The summed E-state index contributed by atoms with van der Waals surface area (Å²) in [4.78, 5) is 16.5. The van der Waals surface area contributed by atoms with Gasteiger partial charge in [-0.05, 0) is 23.0 Å². The molecule has 6 heteroatoms. The Bertz CT molecular complexity index is 738. The molecule has 1 aliphatic rings. The van der Waals surface area contributed by atoms with Gasteiger partial charge in [0.15, 0.2) is 0 Å². The summed E-state index contributed by atoms with van der Waals surface area (Å²) >= 11 is 0. The van der Waals surface area contributed by atoms with Gasteiger partial charge in [-0.15, -0.1) is 5.10 Å². The number of benzene rings is 1. The monoisotopic (exact) mass is 356 g/mol. The van der Waals surface area contributed by atoms with E-state index in [-0.39, 0.29) is 11.3 Å². The minimum absolute atomic E-state index is 0.158. The maximum absolute atomic E-state index is 12.5. The Hall–Kier alpha value is -2.37. The second-order valence-electron chi connectivity index (χ2n) is 7.92. The molecule has 6 nitrogen and oxygen atoms in total. The van der Waals surface area contributed by atoms with Crippen LogP contribution in [0.25, 0.3) is 0 Å². The lowest BCUT2D eigenvalue weighted by Crippen LogP contribution is -2.49. The van der Waals surface area contributed by atoms with E-state index < -0.39 is 0 Å². The van der Waals surface area contributed by atoms with E-state index in [2.05, 4.69) is 55.2 Å². The van der Waals surface area contributed by atoms with Crippen LogP contribution in [0.3, 0.4) is 0 Å². The predicted molar refractivity (Wildman–Crippen MR) is 101 cm³/mol. The summed E-state index contributed by atoms with van der Waals surface area (Å²) in [6.07, 6.45) is 1.33. The summed E-state index contributed by atoms with van der Waals surface area (Å²) < 4.78 is 5.46. The zero-order valence-electron chi connectivity index (χ0n) is 16.2. The number of amides is 1. The molecule has 0 bridgehead atoms. The van der Waals surface area contributed by atoms with Gasteiger partial charge in [-0.2, -0.15) is 0 Å². The quantitative estimate of drug-likeness (QED) is 0.843. The molecule has 0 N–H and O–H groups in total. The molecule has 0 radical (unpaired) electrons. The number of hydrogen-bond donors (Lipinski definition) is 0. The van der Waals surface area contributed by atoms with E-state index in [9.17, 15) is 4.79 Å². The molecule has 26 heavy (non-hydrogen) atoms. The highest BCUT2D eigenvalue weighted by Crippen LogP contribution is 2.22. The first-order chi connectivity index (χ1) is 12.3. The highest BCUT2D eigenvalue weighted by atomic mass is 16.4. The number of aromatic nitrogens is 2. The van der Waals surface area contributed by atoms with E-state index >= 15 is 0 Å². The van der Waals surface area contributed by atoms with Crippen LogP contribution in [-0.2, 0) is 16.6 Å². The second kappa shape index (κ2) is 7.48. The van der Waals surface area contributed by atoms with Gasteiger partial charge in [0.1, 0.15) is 0 Å². The molecule has 0 aliphatic carbocycles. The first kappa shape index (κ1) is 18.4. The molecule has 1 amide bonds. The molecule has 1 aromatic carbocycles. The molecule has 1 fully saturated rings. The van der Waals surface area contributed by atoms with Gasteiger partial charge in [0.25, 0.3) is 0 Å². The van der Waals surface area contributed by atoms with Crippen molar-refractivity contribution in [3.8, 4) is 0 Å². The Kier molecular flexibility index (Phi) is 5.30. The summed E-state index contributed by atoms with van der Waals surface area (Å²) in [7, 11) is 0. The van der Waals surface area contributed by atoms with Crippen LogP contribution < -0.4 is 4.90 Å². The average Bonchev–Trinajstić information content (AvgIpc) is 3.06. The molecular formula is C20H28N4O2. The Labute approximate surface area is 155 Å². The molecule has 0 spiro atoms. The number of carbonyl (C=O) groups is 1. The molecule has 1 aliphatic heterocycles. The smallest absolute Gasteiger partial charge is 0.318 e. The van der Waals surface area contributed by atoms with E-state index in [0.717, 1.165) is 19.5 Å². The molecule has 0 unspecified atom stereocenters. The van der Waals surface area contributed by atoms with Crippen molar-refractivity contribution in [3.63, 3.8) is 0 Å². The Morgan fingerprint density at radius 1 is 1.08 bits per heavy atom. The van der Waals surface area contributed by atoms with Gasteiger partial charge in [0, 0.05) is 39.5 Å². The van der Waals surface area contributed by atoms with Crippen LogP contribution >= 0.6 is 0 Å². The minimum Gasteiger partial charge on any atom is -0.408 e. The lowest BCUT2D eigenvalue weighted by molar-refractivity contribution is -0.131. The van der Waals surface area contributed by atoms with Crippen LogP contribution in [-0.4, -0.2) is 47.2 Å². The first-order valence-corrected chi connectivity index (χ1v) is 9.25. The molecular weight excluding hydrogens is 328 g/mol. The van der Waals surface area contributed by atoms with Crippen molar-refractivity contribution in [2.75, 3.05) is 31.1 Å². The highest BCUT2D eigenvalue weighted by Gasteiger charge is 2.23. The van der Waals surface area contributed by atoms with Gasteiger partial charge in [0.2, 0.25) is 11.8 Å². The van der Waals surface area contributed by atoms with Crippen molar-refractivity contribution in [2.45, 2.75) is 46.0 Å². The molecule has 2 aromatic rings. The van der Waals surface area contributed by atoms with E-state index in [1.807, 2.05) is 9.80 Å². The third-order valence-corrected chi connectivity index (χ3v) is 4.87. The van der Waals surface area contributed by atoms with E-state index in [0.29, 0.717) is 31.4 Å². The number of nitrogens with zero attached hydrogens (tertiary/aromatic N) is 4. The zero-order valence-corrected chi connectivity index (χ0v) is 16.2. The Morgan fingerprint density at radius 3 is 2.27 bits per heavy atom. The maximum atomic E-state index is 12.5. The number of carbonyl (C=O) groups excluding carboxylic acids is 1. The van der Waals surface area contributed by atoms with Crippen LogP contribution in [0.2, 0.25) is 0 Å². The summed E-state index contributed by atoms with van der Waals surface area (Å²) in [6.45, 7) is 11.3. The summed E-state index contributed by atoms with van der Waals surface area (Å²) in [5.74, 6) is 0.780. The van der Waals surface area contributed by atoms with Crippen molar-refractivity contribution in [1.29, 1.82) is 0 Å². The number of piperazine rings is 1. The topological polar surface area (TPSA) is 62.5 Å². The molecule has 0 saturated carbocycles. The van der Waals surface area contributed by atoms with E-state index in [1.165, 1.54) is 11.1 Å². The molecule has 0 atom stereocenters. The Morgan fingerprint density at radius 2 is 1.73 bits per heavy atom. The van der Waals surface area contributed by atoms with Crippen LogP contribution in [0.1, 0.15) is 44.2 Å². The summed E-state index contributed by atoms with van der Waals surface area (Å²) in [5.41, 5.74) is 2.69. The van der Waals surface area contributed by atoms with Crippen molar-refractivity contribution in [2.24, 2.45) is 0 Å². The van der Waals surface area contributed by atoms with Crippen molar-refractivity contribution >= 4 is 11.9 Å². The first-order valence-electron chi connectivity index (χ1n) is 9.25. The maximum Gasteiger partial charge on any atom is 0.318 e. The number of hydrogen-bond acceptors (Lipinski definition) is 5. The van der Waals surface area contributed by atoms with Crippen LogP contribution in [0.15, 0.2) is 28.7 Å². The number of rotatable bonds is 4. The molecule has 140 valence electrons. The molecule has 2 heterocycles.